The van der Waals surface area contributed by atoms with Crippen LogP contribution in [-0.2, 0) is 6.54 Å². The van der Waals surface area contributed by atoms with Gasteiger partial charge in [0.05, 0.1) is 0 Å². The number of hydrogen-bond acceptors (Lipinski definition) is 1. The van der Waals surface area contributed by atoms with Crippen LogP contribution in [0.4, 0.5) is 4.39 Å². The molecule has 1 nitrogen and oxygen atoms in total. The first kappa shape index (κ1) is 11.7. The molecular weight excluding hydrogens is 245 g/mol. The molecule has 3 heteroatoms. The average Bonchev–Trinajstić information content (AvgIpc) is 2.16. The highest BCUT2D eigenvalue weighted by Crippen LogP contribution is 2.09. The molecule has 0 aliphatic rings. The van der Waals surface area contributed by atoms with Crippen LogP contribution in [0.3, 0.4) is 0 Å². The van der Waals surface area contributed by atoms with E-state index in [1.165, 1.54) is 6.07 Å². The molecule has 0 amide bonds. The molecule has 0 aliphatic carbocycles. The van der Waals surface area contributed by atoms with Crippen LogP contribution in [0.5, 0.6) is 0 Å². The van der Waals surface area contributed by atoms with Crippen LogP contribution in [0.15, 0.2) is 24.3 Å². The van der Waals surface area contributed by atoms with Crippen LogP contribution >= 0.6 is 15.9 Å². The van der Waals surface area contributed by atoms with Gasteiger partial charge in [0.1, 0.15) is 5.82 Å². The normalized spacial score (nSPS) is 13.2. The minimum absolute atomic E-state index is 0.164. The molecule has 1 aromatic carbocycles. The van der Waals surface area contributed by atoms with Gasteiger partial charge in [-0.2, -0.15) is 0 Å². The average molecular weight is 260 g/mol. The van der Waals surface area contributed by atoms with Crippen molar-refractivity contribution in [2.45, 2.75) is 19.5 Å². The zero-order valence-corrected chi connectivity index (χ0v) is 10.1. The van der Waals surface area contributed by atoms with Gasteiger partial charge in [-0.1, -0.05) is 28.1 Å². The van der Waals surface area contributed by atoms with Gasteiger partial charge < -0.3 is 0 Å². The van der Waals surface area contributed by atoms with E-state index in [-0.39, 0.29) is 5.82 Å². The first-order chi connectivity index (χ1) is 6.63. The van der Waals surface area contributed by atoms with Crippen LogP contribution in [-0.4, -0.2) is 23.3 Å². The number of halogens is 2. The number of hydrogen-bond donors (Lipinski definition) is 0. The molecule has 0 fully saturated rings. The molecule has 1 atom stereocenters. The summed E-state index contributed by atoms with van der Waals surface area (Å²) in [6.45, 7) is 2.92. The van der Waals surface area contributed by atoms with E-state index in [9.17, 15) is 4.39 Å². The SMILES string of the molecule is CC(CBr)N(C)Cc1cccc(F)c1. The van der Waals surface area contributed by atoms with Crippen molar-refractivity contribution >= 4 is 15.9 Å². The third-order valence-corrected chi connectivity index (χ3v) is 3.23. The lowest BCUT2D eigenvalue weighted by Gasteiger charge is -2.22. The molecular formula is C11H15BrFN. The summed E-state index contributed by atoms with van der Waals surface area (Å²) in [6, 6.07) is 7.20. The molecule has 0 aliphatic heterocycles. The zero-order valence-electron chi connectivity index (χ0n) is 8.50. The summed E-state index contributed by atoms with van der Waals surface area (Å²) in [7, 11) is 2.04. The minimum atomic E-state index is -0.164. The maximum atomic E-state index is 12.9. The largest absolute Gasteiger partial charge is 0.299 e. The molecule has 0 saturated carbocycles. The Morgan fingerprint density at radius 1 is 1.50 bits per heavy atom. The quantitative estimate of drug-likeness (QED) is 0.752. The Labute approximate surface area is 93.0 Å². The molecule has 1 unspecified atom stereocenters. The summed E-state index contributed by atoms with van der Waals surface area (Å²) < 4.78 is 12.9. The Balaban J connectivity index is 2.60. The summed E-state index contributed by atoms with van der Waals surface area (Å²) in [6.07, 6.45) is 0. The van der Waals surface area contributed by atoms with Crippen molar-refractivity contribution in [1.29, 1.82) is 0 Å². The lowest BCUT2D eigenvalue weighted by molar-refractivity contribution is 0.270. The fourth-order valence-corrected chi connectivity index (χ4v) is 1.69. The van der Waals surface area contributed by atoms with Crippen molar-refractivity contribution in [2.24, 2.45) is 0 Å². The van der Waals surface area contributed by atoms with Crippen LogP contribution in [0.2, 0.25) is 0 Å². The minimum Gasteiger partial charge on any atom is -0.299 e. The van der Waals surface area contributed by atoms with E-state index in [4.69, 9.17) is 0 Å². The van der Waals surface area contributed by atoms with E-state index >= 15 is 0 Å². The van der Waals surface area contributed by atoms with Crippen molar-refractivity contribution in [2.75, 3.05) is 12.4 Å². The number of nitrogens with zero attached hydrogens (tertiary/aromatic N) is 1. The monoisotopic (exact) mass is 259 g/mol. The van der Waals surface area contributed by atoms with Gasteiger partial charge in [0.25, 0.3) is 0 Å². The fourth-order valence-electron chi connectivity index (χ4n) is 1.20. The predicted octanol–water partition coefficient (Wildman–Crippen LogP) is 3.04. The number of benzene rings is 1. The third kappa shape index (κ3) is 3.39. The van der Waals surface area contributed by atoms with Crippen molar-refractivity contribution < 1.29 is 4.39 Å². The van der Waals surface area contributed by atoms with E-state index in [0.29, 0.717) is 6.04 Å². The molecule has 78 valence electrons. The molecule has 14 heavy (non-hydrogen) atoms. The Hall–Kier alpha value is -0.410. The molecule has 0 N–H and O–H groups in total. The van der Waals surface area contributed by atoms with E-state index in [2.05, 4.69) is 27.8 Å². The van der Waals surface area contributed by atoms with Crippen LogP contribution in [0, 0.1) is 5.82 Å². The van der Waals surface area contributed by atoms with E-state index in [0.717, 1.165) is 17.4 Å². The van der Waals surface area contributed by atoms with Crippen molar-refractivity contribution in [3.05, 3.63) is 35.6 Å². The molecule has 1 rings (SSSR count). The standard InChI is InChI=1S/C11H15BrFN/c1-9(7-12)14(2)8-10-4-3-5-11(13)6-10/h3-6,9H,7-8H2,1-2H3. The molecule has 0 bridgehead atoms. The first-order valence-corrected chi connectivity index (χ1v) is 5.76. The highest BCUT2D eigenvalue weighted by atomic mass is 79.9. The zero-order chi connectivity index (χ0) is 10.6. The second-order valence-electron chi connectivity index (χ2n) is 3.55. The Bertz CT molecular complexity index is 290. The number of rotatable bonds is 4. The molecule has 0 saturated heterocycles. The van der Waals surface area contributed by atoms with Gasteiger partial charge in [-0.3, -0.25) is 4.90 Å². The summed E-state index contributed by atoms with van der Waals surface area (Å²) >= 11 is 3.43. The maximum Gasteiger partial charge on any atom is 0.123 e. The van der Waals surface area contributed by atoms with Crippen LogP contribution in [0.25, 0.3) is 0 Å². The second-order valence-corrected chi connectivity index (χ2v) is 4.20. The van der Waals surface area contributed by atoms with Crippen molar-refractivity contribution in [3.63, 3.8) is 0 Å². The van der Waals surface area contributed by atoms with Gasteiger partial charge in [-0.15, -0.1) is 0 Å². The summed E-state index contributed by atoms with van der Waals surface area (Å²) in [5.41, 5.74) is 1.01. The van der Waals surface area contributed by atoms with Crippen LogP contribution in [0.1, 0.15) is 12.5 Å². The Morgan fingerprint density at radius 3 is 2.79 bits per heavy atom. The summed E-state index contributed by atoms with van der Waals surface area (Å²) in [4.78, 5) is 2.18. The molecule has 1 aromatic rings. The second kappa shape index (κ2) is 5.47. The Kier molecular flexibility index (Phi) is 4.55. The third-order valence-electron chi connectivity index (χ3n) is 2.30. The molecule has 0 aromatic heterocycles. The lowest BCUT2D eigenvalue weighted by atomic mass is 10.2. The van der Waals surface area contributed by atoms with Gasteiger partial charge in [0.15, 0.2) is 0 Å². The summed E-state index contributed by atoms with van der Waals surface area (Å²) in [5.74, 6) is -0.164. The van der Waals surface area contributed by atoms with Gasteiger partial charge in [-0.25, -0.2) is 4.39 Å². The highest BCUT2D eigenvalue weighted by molar-refractivity contribution is 9.09. The lowest BCUT2D eigenvalue weighted by Crippen LogP contribution is -2.29. The topological polar surface area (TPSA) is 3.24 Å². The van der Waals surface area contributed by atoms with E-state index in [1.54, 1.807) is 12.1 Å². The maximum absolute atomic E-state index is 12.9. The van der Waals surface area contributed by atoms with Gasteiger partial charge in [0.2, 0.25) is 0 Å². The van der Waals surface area contributed by atoms with Gasteiger partial charge in [0, 0.05) is 17.9 Å². The number of alkyl halides is 1. The van der Waals surface area contributed by atoms with E-state index in [1.807, 2.05) is 13.1 Å². The van der Waals surface area contributed by atoms with Crippen molar-refractivity contribution in [1.82, 2.24) is 4.90 Å². The highest BCUT2D eigenvalue weighted by Gasteiger charge is 2.07. The summed E-state index contributed by atoms with van der Waals surface area (Å²) in [5, 5.41) is 0.929. The Morgan fingerprint density at radius 2 is 2.21 bits per heavy atom. The molecule has 0 radical (unpaired) electrons. The van der Waals surface area contributed by atoms with Gasteiger partial charge >= 0.3 is 0 Å². The smallest absolute Gasteiger partial charge is 0.123 e. The van der Waals surface area contributed by atoms with E-state index < -0.39 is 0 Å². The molecule has 0 spiro atoms. The fraction of sp³-hybridized carbons (Fsp3) is 0.455. The van der Waals surface area contributed by atoms with Crippen LogP contribution < -0.4 is 0 Å². The molecule has 0 heterocycles. The first-order valence-electron chi connectivity index (χ1n) is 4.64. The van der Waals surface area contributed by atoms with Crippen molar-refractivity contribution in [3.8, 4) is 0 Å². The predicted molar refractivity (Wildman–Crippen MR) is 61.1 cm³/mol. The van der Waals surface area contributed by atoms with Gasteiger partial charge in [-0.05, 0) is 31.7 Å².